The molecule has 1 amide bonds. The van der Waals surface area contributed by atoms with Crippen LogP contribution in [0.25, 0.3) is 0 Å². The molecule has 0 radical (unpaired) electrons. The first-order valence-corrected chi connectivity index (χ1v) is 21.4. The number of amides is 1. The molecule has 1 aromatic rings. The Bertz CT molecular complexity index is 1850. The number of rotatable bonds is 9. The van der Waals surface area contributed by atoms with Gasteiger partial charge in [0, 0.05) is 22.3 Å². The van der Waals surface area contributed by atoms with E-state index in [1.165, 1.54) is 5.57 Å². The van der Waals surface area contributed by atoms with Crippen LogP contribution in [0, 0.1) is 56.2 Å². The lowest BCUT2D eigenvalue weighted by atomic mass is 9.33. The second-order valence-corrected chi connectivity index (χ2v) is 21.4. The van der Waals surface area contributed by atoms with Gasteiger partial charge < -0.3 is 15.2 Å². The summed E-state index contributed by atoms with van der Waals surface area (Å²) in [6.07, 6.45) is 13.5. The zero-order valence-electron chi connectivity index (χ0n) is 34.7. The van der Waals surface area contributed by atoms with Gasteiger partial charge in [-0.05, 0) is 153 Å². The van der Waals surface area contributed by atoms with Crippen LogP contribution in [0.1, 0.15) is 145 Å². The van der Waals surface area contributed by atoms with Crippen LogP contribution in [0.5, 0.6) is 0 Å². The zero-order chi connectivity index (χ0) is 40.1. The van der Waals surface area contributed by atoms with Crippen LogP contribution < -0.4 is 5.32 Å². The van der Waals surface area contributed by atoms with Crippen molar-refractivity contribution < 1.29 is 29.0 Å². The maximum Gasteiger partial charge on any atom is 0.309 e. The van der Waals surface area contributed by atoms with E-state index in [9.17, 15) is 24.3 Å². The highest BCUT2D eigenvalue weighted by molar-refractivity contribution is 6.30. The standard InChI is InChI=1S/C47H64ClNO6/c1-28(2)38-32(50)26-46(20-17-36(51)49-47(23-24-47)29-11-10-12-30(48)25-29)22-21-44(8)31(39(38)46)13-14-34-43(7)18-16-35(55-37(52)27-41(3,4)40(53)54)42(5,6)33(43)15-19-45(34,44)9/h10-12,17,20,25,28,31,33-35H,13-16,18-19,21-24,26-27H2,1-9H3,(H,49,51)(H,53,54)/b20-17+/t31-,33+,34-,35?,43+,44-,45-,46+/m1/s1. The Morgan fingerprint density at radius 1 is 0.945 bits per heavy atom. The smallest absolute Gasteiger partial charge is 0.309 e. The van der Waals surface area contributed by atoms with E-state index in [4.69, 9.17) is 16.3 Å². The van der Waals surface area contributed by atoms with E-state index in [1.54, 1.807) is 19.9 Å². The predicted molar refractivity (Wildman–Crippen MR) is 215 cm³/mol. The fourth-order valence-electron chi connectivity index (χ4n) is 13.6. The SMILES string of the molecule is CC(C)C1=C2[C@H]3CC[C@@H]4[C@@]5(C)CCC(OC(=O)CC(C)(C)C(=O)O)C(C)(C)[C@@H]5CC[C@@]4(C)[C@]3(C)CC[C@@]2(/C=C/C(=O)NC2(c3cccc(Cl)c3)CC2)CC1=O. The Morgan fingerprint density at radius 3 is 2.29 bits per heavy atom. The van der Waals surface area contributed by atoms with E-state index >= 15 is 0 Å². The van der Waals surface area contributed by atoms with Gasteiger partial charge >= 0.3 is 11.9 Å². The fraction of sp³-hybridized carbons (Fsp3) is 0.702. The highest BCUT2D eigenvalue weighted by atomic mass is 35.5. The molecule has 6 aliphatic carbocycles. The van der Waals surface area contributed by atoms with Gasteiger partial charge in [0.15, 0.2) is 5.78 Å². The number of hydrogen-bond donors (Lipinski definition) is 2. The number of carboxylic acid groups (broad SMARTS) is 1. The molecule has 5 fully saturated rings. The predicted octanol–water partition coefficient (Wildman–Crippen LogP) is 10.4. The van der Waals surface area contributed by atoms with Crippen LogP contribution in [0.3, 0.4) is 0 Å². The summed E-state index contributed by atoms with van der Waals surface area (Å²) in [4.78, 5) is 52.6. The molecule has 7 nitrogen and oxygen atoms in total. The number of hydrogen-bond acceptors (Lipinski definition) is 5. The first-order chi connectivity index (χ1) is 25.6. The van der Waals surface area contributed by atoms with Gasteiger partial charge in [0.2, 0.25) is 5.91 Å². The van der Waals surface area contributed by atoms with Crippen LogP contribution in [0.2, 0.25) is 5.02 Å². The average Bonchev–Trinajstić information content (AvgIpc) is 3.80. The topological polar surface area (TPSA) is 110 Å². The van der Waals surface area contributed by atoms with Crippen molar-refractivity contribution in [2.75, 3.05) is 0 Å². The number of ether oxygens (including phenoxy) is 1. The lowest BCUT2D eigenvalue weighted by Gasteiger charge is -2.72. The molecule has 0 aromatic heterocycles. The molecule has 7 rings (SSSR count). The summed E-state index contributed by atoms with van der Waals surface area (Å²) in [5, 5.41) is 13.6. The van der Waals surface area contributed by atoms with Crippen molar-refractivity contribution in [2.24, 2.45) is 56.2 Å². The van der Waals surface area contributed by atoms with Gasteiger partial charge in [0.1, 0.15) is 6.10 Å². The molecule has 300 valence electrons. The molecule has 8 heteroatoms. The summed E-state index contributed by atoms with van der Waals surface area (Å²) in [7, 11) is 0. The second kappa shape index (κ2) is 13.3. The average molecular weight is 774 g/mol. The summed E-state index contributed by atoms with van der Waals surface area (Å²) < 4.78 is 6.17. The maximum atomic E-state index is 14.1. The minimum atomic E-state index is -1.17. The van der Waals surface area contributed by atoms with Gasteiger partial charge in [-0.2, -0.15) is 0 Å². The Labute approximate surface area is 333 Å². The Balaban J connectivity index is 1.15. The molecule has 5 saturated carbocycles. The van der Waals surface area contributed by atoms with E-state index in [1.807, 2.05) is 24.3 Å². The fourth-order valence-corrected chi connectivity index (χ4v) is 13.8. The highest BCUT2D eigenvalue weighted by Crippen LogP contribution is 2.77. The molecule has 1 unspecified atom stereocenters. The van der Waals surface area contributed by atoms with Crippen LogP contribution >= 0.6 is 11.6 Å². The first-order valence-electron chi connectivity index (χ1n) is 21.0. The van der Waals surface area contributed by atoms with E-state index in [2.05, 4.69) is 59.9 Å². The van der Waals surface area contributed by atoms with Gasteiger partial charge in [0.05, 0.1) is 17.4 Å². The van der Waals surface area contributed by atoms with Gasteiger partial charge in [-0.25, -0.2) is 0 Å². The van der Waals surface area contributed by atoms with Crippen molar-refractivity contribution in [1.29, 1.82) is 0 Å². The van der Waals surface area contributed by atoms with E-state index in [-0.39, 0.29) is 63.2 Å². The third-order valence-corrected chi connectivity index (χ3v) is 17.1. The number of carbonyl (C=O) groups is 4. The number of esters is 1. The number of Topliss-reactive ketones (excluding diaryl/α,β-unsaturated/α-hetero) is 1. The minimum absolute atomic E-state index is 0.00981. The zero-order valence-corrected chi connectivity index (χ0v) is 35.5. The third kappa shape index (κ3) is 6.27. The number of benzene rings is 1. The molecule has 1 aromatic carbocycles. The Hall–Kier alpha value is -2.93. The van der Waals surface area contributed by atoms with Crippen LogP contribution in [-0.4, -0.2) is 34.8 Å². The highest BCUT2D eigenvalue weighted by Gasteiger charge is 2.70. The summed E-state index contributed by atoms with van der Waals surface area (Å²) in [6, 6.07) is 7.77. The number of allylic oxidation sites excluding steroid dienone is 3. The van der Waals surface area contributed by atoms with Crippen LogP contribution in [-0.2, 0) is 29.5 Å². The molecule has 0 aliphatic heterocycles. The van der Waals surface area contributed by atoms with Gasteiger partial charge in [-0.1, -0.05) is 78.3 Å². The van der Waals surface area contributed by atoms with Crippen molar-refractivity contribution in [2.45, 2.75) is 151 Å². The number of ketones is 1. The quantitative estimate of drug-likeness (QED) is 0.191. The van der Waals surface area contributed by atoms with Crippen molar-refractivity contribution in [3.63, 3.8) is 0 Å². The monoisotopic (exact) mass is 773 g/mol. The Morgan fingerprint density at radius 2 is 1.65 bits per heavy atom. The molecule has 2 N–H and O–H groups in total. The largest absolute Gasteiger partial charge is 0.481 e. The Kier molecular flexibility index (Phi) is 9.75. The molecule has 0 bridgehead atoms. The van der Waals surface area contributed by atoms with Gasteiger partial charge in [-0.3, -0.25) is 19.2 Å². The van der Waals surface area contributed by atoms with Crippen molar-refractivity contribution in [1.82, 2.24) is 5.32 Å². The molecular weight excluding hydrogens is 710 g/mol. The number of aliphatic carboxylic acids is 1. The minimum Gasteiger partial charge on any atom is -0.481 e. The van der Waals surface area contributed by atoms with E-state index in [0.717, 1.165) is 75.3 Å². The normalized spacial score (nSPS) is 37.5. The number of carbonyl (C=O) groups excluding carboxylic acids is 3. The summed E-state index contributed by atoms with van der Waals surface area (Å²) in [6.45, 7) is 19.6. The first kappa shape index (κ1) is 40.3. The number of carboxylic acids is 1. The summed E-state index contributed by atoms with van der Waals surface area (Å²) in [5.41, 5.74) is 1.24. The number of halogens is 1. The molecule has 0 saturated heterocycles. The number of nitrogens with one attached hydrogen (secondary N) is 1. The molecule has 0 spiro atoms. The lowest BCUT2D eigenvalue weighted by Crippen LogP contribution is -2.65. The van der Waals surface area contributed by atoms with Crippen molar-refractivity contribution >= 4 is 35.2 Å². The molecule has 0 heterocycles. The summed E-state index contributed by atoms with van der Waals surface area (Å²) in [5.74, 6) is -0.0463. The van der Waals surface area contributed by atoms with Crippen molar-refractivity contribution in [3.8, 4) is 0 Å². The van der Waals surface area contributed by atoms with Crippen molar-refractivity contribution in [3.05, 3.63) is 58.1 Å². The van der Waals surface area contributed by atoms with Crippen LogP contribution in [0.15, 0.2) is 47.6 Å². The second-order valence-electron chi connectivity index (χ2n) is 21.0. The lowest BCUT2D eigenvalue weighted by molar-refractivity contribution is -0.232. The maximum absolute atomic E-state index is 14.1. The summed E-state index contributed by atoms with van der Waals surface area (Å²) >= 11 is 6.32. The van der Waals surface area contributed by atoms with Gasteiger partial charge in [-0.15, -0.1) is 0 Å². The third-order valence-electron chi connectivity index (χ3n) is 16.9. The molecule has 8 atom stereocenters. The molecule has 6 aliphatic rings. The number of fused-ring (bicyclic) bond motifs is 7. The van der Waals surface area contributed by atoms with E-state index < -0.39 is 22.8 Å². The van der Waals surface area contributed by atoms with E-state index in [0.29, 0.717) is 23.3 Å². The van der Waals surface area contributed by atoms with Gasteiger partial charge in [0.25, 0.3) is 0 Å². The molecule has 55 heavy (non-hydrogen) atoms. The van der Waals surface area contributed by atoms with Crippen LogP contribution in [0.4, 0.5) is 0 Å². The molecular formula is C47H64ClNO6.